The Morgan fingerprint density at radius 3 is 1.87 bits per heavy atom. The molecular weight excluding hydrogens is 749 g/mol. The summed E-state index contributed by atoms with van der Waals surface area (Å²) in [6.07, 6.45) is 0. The summed E-state index contributed by atoms with van der Waals surface area (Å²) in [5.41, 5.74) is 19.6. The van der Waals surface area contributed by atoms with E-state index in [1.807, 2.05) is 18.2 Å². The van der Waals surface area contributed by atoms with E-state index in [0.29, 0.717) is 5.56 Å². The van der Waals surface area contributed by atoms with Crippen molar-refractivity contribution in [2.45, 2.75) is 6.92 Å². The lowest BCUT2D eigenvalue weighted by Crippen LogP contribution is -2.56. The fourth-order valence-corrected chi connectivity index (χ4v) is 10.9. The Balaban J connectivity index is 1.21. The summed E-state index contributed by atoms with van der Waals surface area (Å²) >= 11 is 0. The number of nitriles is 1. The minimum atomic E-state index is -0.105. The van der Waals surface area contributed by atoms with Gasteiger partial charge in [-0.1, -0.05) is 146 Å². The summed E-state index contributed by atoms with van der Waals surface area (Å²) in [6, 6.07) is 75.4. The topological polar surface area (TPSA) is 32.0 Å². The van der Waals surface area contributed by atoms with E-state index in [9.17, 15) is 5.26 Å². The van der Waals surface area contributed by atoms with Crippen molar-refractivity contribution >= 4 is 78.2 Å². The molecule has 2 aliphatic heterocycles. The number of hydrogen-bond acceptors (Lipinski definition) is 2. The van der Waals surface area contributed by atoms with Crippen molar-refractivity contribution in [3.05, 3.63) is 211 Å². The summed E-state index contributed by atoms with van der Waals surface area (Å²) < 4.78 is 2.67. The van der Waals surface area contributed by atoms with Gasteiger partial charge in [0.05, 0.1) is 11.6 Å². The fraction of sp³-hybridized carbons (Fsp3) is 0.0172. The van der Waals surface area contributed by atoms with Crippen LogP contribution < -0.4 is 15.8 Å². The van der Waals surface area contributed by atoms with Crippen LogP contribution in [-0.2, 0) is 0 Å². The predicted octanol–water partition coefficient (Wildman–Crippen LogP) is 13.7. The van der Waals surface area contributed by atoms with Gasteiger partial charge in [-0.3, -0.25) is 0 Å². The molecule has 62 heavy (non-hydrogen) atoms. The lowest BCUT2D eigenvalue weighted by atomic mass is 9.44. The first kappa shape index (κ1) is 34.7. The lowest BCUT2D eigenvalue weighted by molar-refractivity contribution is 1.25. The molecule has 0 bridgehead atoms. The van der Waals surface area contributed by atoms with Gasteiger partial charge in [0.15, 0.2) is 0 Å². The van der Waals surface area contributed by atoms with Crippen LogP contribution in [0.5, 0.6) is 0 Å². The number of para-hydroxylation sites is 1. The Labute approximate surface area is 360 Å². The van der Waals surface area contributed by atoms with Gasteiger partial charge >= 0.3 is 6.85 Å². The normalized spacial score (nSPS) is 12.5. The molecular formula is C58H36BN3. The van der Waals surface area contributed by atoms with Gasteiger partial charge in [-0.2, -0.15) is 5.26 Å². The third-order valence-corrected chi connectivity index (χ3v) is 13.5. The van der Waals surface area contributed by atoms with E-state index in [4.69, 9.17) is 0 Å². The number of benzene rings is 10. The van der Waals surface area contributed by atoms with Crippen LogP contribution in [0, 0.1) is 18.3 Å². The van der Waals surface area contributed by atoms with Crippen molar-refractivity contribution in [1.82, 2.24) is 4.48 Å². The first-order chi connectivity index (χ1) is 30.6. The molecule has 3 nitrogen and oxygen atoms in total. The molecule has 13 rings (SSSR count). The Morgan fingerprint density at radius 1 is 0.484 bits per heavy atom. The molecule has 0 atom stereocenters. The zero-order valence-electron chi connectivity index (χ0n) is 34.0. The highest BCUT2D eigenvalue weighted by atomic mass is 15.2. The second-order valence-electron chi connectivity index (χ2n) is 16.8. The van der Waals surface area contributed by atoms with Crippen LogP contribution in [0.4, 0.5) is 17.1 Å². The largest absolute Gasteiger partial charge is 0.375 e. The van der Waals surface area contributed by atoms with E-state index in [1.165, 1.54) is 82.1 Å². The molecule has 0 amide bonds. The number of fused-ring (bicyclic) bond motifs is 11. The lowest BCUT2D eigenvalue weighted by Gasteiger charge is -2.42. The van der Waals surface area contributed by atoms with E-state index < -0.39 is 0 Å². The van der Waals surface area contributed by atoms with E-state index in [-0.39, 0.29) is 6.85 Å². The monoisotopic (exact) mass is 785 g/mol. The van der Waals surface area contributed by atoms with Gasteiger partial charge in [-0.25, -0.2) is 0 Å². The highest BCUT2D eigenvalue weighted by Crippen LogP contribution is 2.51. The van der Waals surface area contributed by atoms with Gasteiger partial charge in [0.25, 0.3) is 0 Å². The summed E-state index contributed by atoms with van der Waals surface area (Å²) in [5.74, 6) is 0. The molecule has 286 valence electrons. The molecule has 11 aromatic rings. The minimum absolute atomic E-state index is 0.105. The average molecular weight is 786 g/mol. The van der Waals surface area contributed by atoms with Crippen LogP contribution in [0.15, 0.2) is 200 Å². The Bertz CT molecular complexity index is 3670. The van der Waals surface area contributed by atoms with Gasteiger partial charge in [-0.05, 0) is 138 Å². The number of hydrogen-bond donors (Lipinski definition) is 0. The van der Waals surface area contributed by atoms with E-state index in [2.05, 4.69) is 204 Å². The van der Waals surface area contributed by atoms with E-state index >= 15 is 0 Å². The zero-order valence-corrected chi connectivity index (χ0v) is 34.0. The van der Waals surface area contributed by atoms with Crippen LogP contribution >= 0.6 is 0 Å². The molecule has 2 aliphatic rings. The molecule has 0 saturated heterocycles. The Kier molecular flexibility index (Phi) is 7.38. The van der Waals surface area contributed by atoms with Crippen LogP contribution in [0.3, 0.4) is 0 Å². The maximum Gasteiger partial charge on any atom is 0.333 e. The minimum Gasteiger partial charge on any atom is -0.375 e. The number of aromatic nitrogens is 1. The molecule has 0 N–H and O–H groups in total. The maximum atomic E-state index is 10.1. The Morgan fingerprint density at radius 2 is 1.13 bits per heavy atom. The zero-order chi connectivity index (χ0) is 41.1. The molecule has 0 radical (unpaired) electrons. The van der Waals surface area contributed by atoms with Gasteiger partial charge in [0, 0.05) is 44.4 Å². The number of anilines is 3. The average Bonchev–Trinajstić information content (AvgIpc) is 3.69. The van der Waals surface area contributed by atoms with Gasteiger partial charge in [0.2, 0.25) is 0 Å². The molecule has 0 aliphatic carbocycles. The summed E-state index contributed by atoms with van der Waals surface area (Å²) in [7, 11) is 0. The van der Waals surface area contributed by atoms with Gasteiger partial charge < -0.3 is 9.38 Å². The van der Waals surface area contributed by atoms with Crippen molar-refractivity contribution in [1.29, 1.82) is 5.26 Å². The third-order valence-electron chi connectivity index (χ3n) is 13.5. The van der Waals surface area contributed by atoms with Gasteiger partial charge in [0.1, 0.15) is 0 Å². The fourth-order valence-electron chi connectivity index (χ4n) is 10.9. The molecule has 0 spiro atoms. The number of nitrogens with zero attached hydrogens (tertiary/aromatic N) is 3. The van der Waals surface area contributed by atoms with Crippen molar-refractivity contribution in [3.8, 4) is 50.6 Å². The number of rotatable bonds is 4. The highest BCUT2D eigenvalue weighted by molar-refractivity contribution is 6.90. The third kappa shape index (κ3) is 4.88. The molecule has 1 aromatic heterocycles. The van der Waals surface area contributed by atoms with Crippen molar-refractivity contribution < 1.29 is 0 Å². The van der Waals surface area contributed by atoms with E-state index in [1.54, 1.807) is 0 Å². The smallest absolute Gasteiger partial charge is 0.333 e. The summed E-state index contributed by atoms with van der Waals surface area (Å²) in [4.78, 5) is 2.52. The molecule has 3 heterocycles. The highest BCUT2D eigenvalue weighted by Gasteiger charge is 2.44. The van der Waals surface area contributed by atoms with Crippen molar-refractivity contribution in [2.75, 3.05) is 4.90 Å². The first-order valence-electron chi connectivity index (χ1n) is 21.3. The van der Waals surface area contributed by atoms with Crippen LogP contribution in [0.1, 0.15) is 11.1 Å². The molecule has 0 saturated carbocycles. The quantitative estimate of drug-likeness (QED) is 0.166. The first-order valence-corrected chi connectivity index (χ1v) is 21.3. The molecule has 0 unspecified atom stereocenters. The van der Waals surface area contributed by atoms with Crippen molar-refractivity contribution in [3.63, 3.8) is 0 Å². The maximum absolute atomic E-state index is 10.1. The van der Waals surface area contributed by atoms with Crippen LogP contribution in [0.25, 0.3) is 87.9 Å². The second-order valence-corrected chi connectivity index (χ2v) is 16.8. The summed E-state index contributed by atoms with van der Waals surface area (Å²) in [5, 5.41) is 17.7. The van der Waals surface area contributed by atoms with E-state index in [0.717, 1.165) is 39.3 Å². The molecule has 10 aromatic carbocycles. The predicted molar refractivity (Wildman–Crippen MR) is 261 cm³/mol. The van der Waals surface area contributed by atoms with Crippen LogP contribution in [-0.4, -0.2) is 11.3 Å². The second kappa shape index (κ2) is 13.2. The summed E-state index contributed by atoms with van der Waals surface area (Å²) in [6.45, 7) is 2.19. The van der Waals surface area contributed by atoms with Crippen LogP contribution in [0.2, 0.25) is 0 Å². The molecule has 0 fully saturated rings. The standard InChI is InChI=1S/C58H36BN3/c1-36-48(41-22-14-15-37(29-41)35-60)34-53-57-54(36)49-33-42-21-9-11-24-47(42)56-55-46-23-10-8-20-40(46)27-28-52(55)62(58(49)56)59(57)50-25-12-13-26-51(50)61(53)45-31-43(38-16-4-2-5-17-38)30-44(32-45)39-18-6-3-7-19-39/h2-34H,1H3. The SMILES string of the molecule is Cc1c(-c2cccc(C#N)c2)cc2c3c1-c1cc4ccccc4c4c5c6ccccc6ccc5n(c14)B3c1ccccc1N2c1cc(-c2ccccc2)cc(-c2ccccc2)c1. The Hall–Kier alpha value is -8.13. The van der Waals surface area contributed by atoms with Gasteiger partial charge in [-0.15, -0.1) is 0 Å². The van der Waals surface area contributed by atoms with Crippen molar-refractivity contribution in [2.24, 2.45) is 0 Å². The molecule has 4 heteroatoms.